The van der Waals surface area contributed by atoms with Crippen molar-refractivity contribution in [1.82, 2.24) is 10.3 Å². The van der Waals surface area contributed by atoms with Gasteiger partial charge in [0.05, 0.1) is 13.7 Å². The predicted octanol–water partition coefficient (Wildman–Crippen LogP) is 1.87. The Bertz CT molecular complexity index is 447. The molecule has 0 bridgehead atoms. The van der Waals surface area contributed by atoms with Crippen LogP contribution in [-0.2, 0) is 19.7 Å². The molecule has 0 amide bonds. The summed E-state index contributed by atoms with van der Waals surface area (Å²) in [4.78, 5) is 4.16. The van der Waals surface area contributed by atoms with Crippen molar-refractivity contribution >= 4 is 0 Å². The van der Waals surface area contributed by atoms with Gasteiger partial charge in [0, 0.05) is 25.4 Å². The van der Waals surface area contributed by atoms with Crippen LogP contribution in [-0.4, -0.2) is 17.2 Å². The highest BCUT2D eigenvalue weighted by Crippen LogP contribution is 2.07. The van der Waals surface area contributed by atoms with Crippen LogP contribution in [0.15, 0.2) is 42.6 Å². The van der Waals surface area contributed by atoms with Crippen molar-refractivity contribution in [3.8, 4) is 5.88 Å². The molecule has 4 heteroatoms. The zero-order chi connectivity index (χ0) is 13.5. The summed E-state index contributed by atoms with van der Waals surface area (Å²) in [6, 6.07) is 11.8. The highest BCUT2D eigenvalue weighted by Gasteiger charge is 1.97. The number of benzene rings is 1. The zero-order valence-corrected chi connectivity index (χ0v) is 11.0. The average molecular weight is 258 g/mol. The van der Waals surface area contributed by atoms with E-state index < -0.39 is 0 Å². The zero-order valence-electron chi connectivity index (χ0n) is 11.0. The van der Waals surface area contributed by atoms with E-state index in [0.29, 0.717) is 5.88 Å². The molecule has 2 N–H and O–H groups in total. The molecule has 2 rings (SSSR count). The highest BCUT2D eigenvalue weighted by atomic mass is 16.5. The van der Waals surface area contributed by atoms with E-state index in [2.05, 4.69) is 10.3 Å². The Kier molecular flexibility index (Phi) is 4.89. The summed E-state index contributed by atoms with van der Waals surface area (Å²) in [6.07, 6.45) is 1.81. The lowest BCUT2D eigenvalue weighted by atomic mass is 10.1. The lowest BCUT2D eigenvalue weighted by Gasteiger charge is -2.06. The Morgan fingerprint density at radius 1 is 1.00 bits per heavy atom. The monoisotopic (exact) mass is 258 g/mol. The van der Waals surface area contributed by atoms with Gasteiger partial charge in [0.15, 0.2) is 0 Å². The number of aliphatic hydroxyl groups is 1. The van der Waals surface area contributed by atoms with Gasteiger partial charge in [-0.25, -0.2) is 4.98 Å². The van der Waals surface area contributed by atoms with Crippen molar-refractivity contribution in [2.75, 3.05) is 7.11 Å². The van der Waals surface area contributed by atoms with Crippen LogP contribution in [0.2, 0.25) is 0 Å². The third-order valence-corrected chi connectivity index (χ3v) is 2.87. The van der Waals surface area contributed by atoms with Crippen molar-refractivity contribution in [3.63, 3.8) is 0 Å². The van der Waals surface area contributed by atoms with Crippen LogP contribution in [0.4, 0.5) is 0 Å². The minimum atomic E-state index is 0.0885. The number of methoxy groups -OCH3 is 1. The van der Waals surface area contributed by atoms with Crippen LogP contribution in [0.1, 0.15) is 16.7 Å². The molecule has 100 valence electrons. The first-order chi connectivity index (χ1) is 9.31. The molecular formula is C15H18N2O2. The molecule has 0 radical (unpaired) electrons. The lowest BCUT2D eigenvalue weighted by Crippen LogP contribution is -2.12. The molecule has 1 heterocycles. The number of aromatic nitrogens is 1. The van der Waals surface area contributed by atoms with Gasteiger partial charge in [0.25, 0.3) is 0 Å². The maximum Gasteiger partial charge on any atom is 0.212 e. The molecule has 4 nitrogen and oxygen atoms in total. The molecule has 0 aliphatic heterocycles. The van der Waals surface area contributed by atoms with Gasteiger partial charge in [-0.05, 0) is 16.7 Å². The Morgan fingerprint density at radius 2 is 1.63 bits per heavy atom. The van der Waals surface area contributed by atoms with Gasteiger partial charge in [-0.1, -0.05) is 30.3 Å². The molecule has 1 aromatic heterocycles. The van der Waals surface area contributed by atoms with Crippen molar-refractivity contribution < 1.29 is 9.84 Å². The second-order valence-electron chi connectivity index (χ2n) is 4.29. The first kappa shape index (κ1) is 13.5. The number of rotatable bonds is 6. The lowest BCUT2D eigenvalue weighted by molar-refractivity contribution is 0.282. The third-order valence-electron chi connectivity index (χ3n) is 2.87. The average Bonchev–Trinajstić information content (AvgIpc) is 2.49. The van der Waals surface area contributed by atoms with Crippen LogP contribution in [0.25, 0.3) is 0 Å². The third kappa shape index (κ3) is 4.05. The first-order valence-corrected chi connectivity index (χ1v) is 6.20. The first-order valence-electron chi connectivity index (χ1n) is 6.20. The number of ether oxygens (including phenoxy) is 1. The number of hydrogen-bond acceptors (Lipinski definition) is 4. The predicted molar refractivity (Wildman–Crippen MR) is 73.7 cm³/mol. The summed E-state index contributed by atoms with van der Waals surface area (Å²) >= 11 is 0. The largest absolute Gasteiger partial charge is 0.481 e. The van der Waals surface area contributed by atoms with Crippen LogP contribution in [0.5, 0.6) is 5.88 Å². The number of pyridine rings is 1. The fourth-order valence-electron chi connectivity index (χ4n) is 1.75. The molecule has 2 aromatic rings. The molecule has 0 aliphatic rings. The van der Waals surface area contributed by atoms with Crippen LogP contribution >= 0.6 is 0 Å². The van der Waals surface area contributed by atoms with Gasteiger partial charge < -0.3 is 15.2 Å². The molecule has 1 aromatic carbocycles. The summed E-state index contributed by atoms with van der Waals surface area (Å²) in [5.41, 5.74) is 3.24. The summed E-state index contributed by atoms with van der Waals surface area (Å²) in [7, 11) is 1.61. The second kappa shape index (κ2) is 6.87. The molecular weight excluding hydrogens is 240 g/mol. The summed E-state index contributed by atoms with van der Waals surface area (Å²) in [5.74, 6) is 0.628. The van der Waals surface area contributed by atoms with Gasteiger partial charge in [-0.2, -0.15) is 0 Å². The minimum absolute atomic E-state index is 0.0885. The molecule has 0 saturated carbocycles. The fourth-order valence-corrected chi connectivity index (χ4v) is 1.75. The van der Waals surface area contributed by atoms with Gasteiger partial charge >= 0.3 is 0 Å². The summed E-state index contributed by atoms with van der Waals surface area (Å²) in [5, 5.41) is 12.3. The van der Waals surface area contributed by atoms with Crippen molar-refractivity contribution in [2.24, 2.45) is 0 Å². The Balaban J connectivity index is 1.81. The Morgan fingerprint density at radius 3 is 2.21 bits per heavy atom. The maximum absolute atomic E-state index is 8.96. The quantitative estimate of drug-likeness (QED) is 0.830. The van der Waals surface area contributed by atoms with Gasteiger partial charge in [-0.3, -0.25) is 0 Å². The maximum atomic E-state index is 8.96. The SMILES string of the molecule is COc1ccc(CNCc2ccc(CO)cc2)cn1. The smallest absolute Gasteiger partial charge is 0.212 e. The molecule has 0 atom stereocenters. The van der Waals surface area contributed by atoms with Crippen LogP contribution in [0, 0.1) is 0 Å². The van der Waals surface area contributed by atoms with Crippen molar-refractivity contribution in [1.29, 1.82) is 0 Å². The van der Waals surface area contributed by atoms with E-state index in [1.165, 1.54) is 5.56 Å². The van der Waals surface area contributed by atoms with E-state index in [1.807, 2.05) is 36.4 Å². The number of hydrogen-bond donors (Lipinski definition) is 2. The topological polar surface area (TPSA) is 54.4 Å². The number of nitrogens with one attached hydrogen (secondary N) is 1. The van der Waals surface area contributed by atoms with E-state index in [9.17, 15) is 0 Å². The van der Waals surface area contributed by atoms with E-state index in [0.717, 1.165) is 24.2 Å². The standard InChI is InChI=1S/C15H18N2O2/c1-19-15-7-6-14(10-17-15)9-16-8-12-2-4-13(11-18)5-3-12/h2-7,10,16,18H,8-9,11H2,1H3. The van der Waals surface area contributed by atoms with Gasteiger partial charge in [0.1, 0.15) is 0 Å². The highest BCUT2D eigenvalue weighted by molar-refractivity contribution is 5.22. The number of aliphatic hydroxyl groups excluding tert-OH is 1. The summed E-state index contributed by atoms with van der Waals surface area (Å²) < 4.78 is 5.01. The number of nitrogens with zero attached hydrogens (tertiary/aromatic N) is 1. The second-order valence-corrected chi connectivity index (χ2v) is 4.29. The minimum Gasteiger partial charge on any atom is -0.481 e. The molecule has 19 heavy (non-hydrogen) atoms. The normalized spacial score (nSPS) is 10.4. The summed E-state index contributed by atoms with van der Waals surface area (Å²) in [6.45, 7) is 1.64. The van der Waals surface area contributed by atoms with Crippen LogP contribution < -0.4 is 10.1 Å². The Hall–Kier alpha value is -1.91. The van der Waals surface area contributed by atoms with Gasteiger partial charge in [-0.15, -0.1) is 0 Å². The van der Waals surface area contributed by atoms with E-state index >= 15 is 0 Å². The van der Waals surface area contributed by atoms with Crippen molar-refractivity contribution in [2.45, 2.75) is 19.7 Å². The van der Waals surface area contributed by atoms with Gasteiger partial charge in [0.2, 0.25) is 5.88 Å². The van der Waals surface area contributed by atoms with E-state index in [-0.39, 0.29) is 6.61 Å². The van der Waals surface area contributed by atoms with E-state index in [1.54, 1.807) is 13.3 Å². The molecule has 0 aliphatic carbocycles. The fraction of sp³-hybridized carbons (Fsp3) is 0.267. The molecule has 0 saturated heterocycles. The van der Waals surface area contributed by atoms with Crippen LogP contribution in [0.3, 0.4) is 0 Å². The van der Waals surface area contributed by atoms with E-state index in [4.69, 9.17) is 9.84 Å². The molecule has 0 unspecified atom stereocenters. The molecule has 0 fully saturated rings. The molecule has 0 spiro atoms. The Labute approximate surface area is 113 Å². The van der Waals surface area contributed by atoms with Crippen molar-refractivity contribution in [3.05, 3.63) is 59.3 Å².